The predicted molar refractivity (Wildman–Crippen MR) is 96.8 cm³/mol. The van der Waals surface area contributed by atoms with Crippen molar-refractivity contribution < 1.29 is 14.1 Å². The van der Waals surface area contributed by atoms with Crippen molar-refractivity contribution in [3.05, 3.63) is 64.0 Å². The largest absolute Gasteiger partial charge is 0.350 e. The lowest BCUT2D eigenvalue weighted by molar-refractivity contribution is 0.0898. The first kappa shape index (κ1) is 18.9. The van der Waals surface area contributed by atoms with Crippen LogP contribution in [0.25, 0.3) is 0 Å². The molecule has 2 heterocycles. The van der Waals surface area contributed by atoms with Crippen molar-refractivity contribution in [1.82, 2.24) is 30.6 Å². The van der Waals surface area contributed by atoms with Gasteiger partial charge < -0.3 is 15.2 Å². The molecule has 0 bridgehead atoms. The molecule has 0 radical (unpaired) electrons. The van der Waals surface area contributed by atoms with E-state index in [0.717, 1.165) is 0 Å². The maximum Gasteiger partial charge on any atom is 0.316 e. The van der Waals surface area contributed by atoms with Crippen LogP contribution in [-0.4, -0.2) is 44.8 Å². The van der Waals surface area contributed by atoms with E-state index >= 15 is 0 Å². The number of carbonyl (C=O) groups excluding carboxylic acids is 2. The van der Waals surface area contributed by atoms with Crippen molar-refractivity contribution in [3.8, 4) is 0 Å². The van der Waals surface area contributed by atoms with Gasteiger partial charge in [-0.25, -0.2) is 0 Å². The zero-order valence-electron chi connectivity index (χ0n) is 13.9. The first-order valence-electron chi connectivity index (χ1n) is 7.84. The van der Waals surface area contributed by atoms with E-state index in [4.69, 9.17) is 27.7 Å². The molecule has 9 nitrogen and oxygen atoms in total. The van der Waals surface area contributed by atoms with Crippen LogP contribution in [0.4, 0.5) is 0 Å². The molecule has 2 N–H and O–H groups in total. The molecule has 3 rings (SSSR count). The predicted octanol–water partition coefficient (Wildman–Crippen LogP) is 1.78. The molecule has 0 saturated carbocycles. The van der Waals surface area contributed by atoms with Crippen molar-refractivity contribution in [1.29, 1.82) is 0 Å². The van der Waals surface area contributed by atoms with Gasteiger partial charge in [-0.3, -0.25) is 14.3 Å². The highest BCUT2D eigenvalue weighted by molar-refractivity contribution is 6.31. The second kappa shape index (κ2) is 8.65. The molecular formula is C16H14Cl2N6O3. The Morgan fingerprint density at radius 3 is 2.59 bits per heavy atom. The minimum atomic E-state index is -0.538. The third kappa shape index (κ3) is 5.28. The first-order valence-corrected chi connectivity index (χ1v) is 8.59. The maximum atomic E-state index is 12.0. The van der Waals surface area contributed by atoms with Gasteiger partial charge in [-0.15, -0.1) is 0 Å². The average molecular weight is 409 g/mol. The van der Waals surface area contributed by atoms with E-state index in [1.807, 2.05) is 0 Å². The molecule has 0 atom stereocenters. The fourth-order valence-electron chi connectivity index (χ4n) is 2.14. The molecule has 0 aliphatic rings. The molecule has 0 saturated heterocycles. The van der Waals surface area contributed by atoms with E-state index in [9.17, 15) is 9.59 Å². The van der Waals surface area contributed by atoms with Crippen LogP contribution in [-0.2, 0) is 6.54 Å². The lowest BCUT2D eigenvalue weighted by Gasteiger charge is -2.06. The molecular weight excluding hydrogens is 395 g/mol. The summed E-state index contributed by atoms with van der Waals surface area (Å²) >= 11 is 11.6. The summed E-state index contributed by atoms with van der Waals surface area (Å²) in [6, 6.07) is 6.57. The molecule has 27 heavy (non-hydrogen) atoms. The fraction of sp³-hybridized carbons (Fsp3) is 0.188. The number of nitrogens with one attached hydrogen (secondary N) is 2. The maximum absolute atomic E-state index is 12.0. The van der Waals surface area contributed by atoms with Crippen LogP contribution in [0.3, 0.4) is 0 Å². The minimum absolute atomic E-state index is 0.176. The van der Waals surface area contributed by atoms with E-state index in [1.54, 1.807) is 30.5 Å². The Kier molecular flexibility index (Phi) is 6.05. The number of aromatic nitrogens is 4. The minimum Gasteiger partial charge on any atom is -0.350 e. The number of amides is 2. The summed E-state index contributed by atoms with van der Waals surface area (Å²) < 4.78 is 6.43. The molecule has 0 aliphatic carbocycles. The summed E-state index contributed by atoms with van der Waals surface area (Å²) in [5.74, 6) is -0.715. The number of hydrogen-bond acceptors (Lipinski definition) is 6. The molecule has 3 aromatic rings. The molecule has 0 fully saturated rings. The number of rotatable bonds is 7. The summed E-state index contributed by atoms with van der Waals surface area (Å²) in [6.45, 7) is 0.640. The van der Waals surface area contributed by atoms with Crippen molar-refractivity contribution in [2.24, 2.45) is 0 Å². The third-order valence-corrected chi connectivity index (χ3v) is 3.78. The molecule has 2 aromatic heterocycles. The molecule has 0 aliphatic heterocycles. The summed E-state index contributed by atoms with van der Waals surface area (Å²) in [4.78, 5) is 27.9. The number of halogens is 2. The molecule has 11 heteroatoms. The van der Waals surface area contributed by atoms with Crippen molar-refractivity contribution in [2.45, 2.75) is 6.54 Å². The second-order valence-corrected chi connectivity index (χ2v) is 6.27. The number of hydrogen-bond donors (Lipinski definition) is 2. The van der Waals surface area contributed by atoms with Crippen molar-refractivity contribution >= 4 is 35.0 Å². The van der Waals surface area contributed by atoms with Crippen LogP contribution < -0.4 is 10.6 Å². The molecule has 140 valence electrons. The van der Waals surface area contributed by atoms with Gasteiger partial charge in [0.05, 0.1) is 11.2 Å². The number of nitrogens with zero attached hydrogens (tertiary/aromatic N) is 4. The highest BCUT2D eigenvalue weighted by atomic mass is 35.5. The van der Waals surface area contributed by atoms with Gasteiger partial charge in [0.2, 0.25) is 0 Å². The highest BCUT2D eigenvalue weighted by Gasteiger charge is 2.15. The van der Waals surface area contributed by atoms with Gasteiger partial charge in [0, 0.05) is 29.9 Å². The van der Waals surface area contributed by atoms with Crippen molar-refractivity contribution in [2.75, 3.05) is 13.1 Å². The van der Waals surface area contributed by atoms with Crippen LogP contribution in [0, 0.1) is 0 Å². The number of carbonyl (C=O) groups is 2. The third-order valence-electron chi connectivity index (χ3n) is 3.35. The Morgan fingerprint density at radius 2 is 1.89 bits per heavy atom. The van der Waals surface area contributed by atoms with E-state index < -0.39 is 5.91 Å². The topological polar surface area (TPSA) is 115 Å². The zero-order valence-corrected chi connectivity index (χ0v) is 15.4. The summed E-state index contributed by atoms with van der Waals surface area (Å²) in [7, 11) is 0. The van der Waals surface area contributed by atoms with Crippen LogP contribution in [0.2, 0.25) is 10.0 Å². The van der Waals surface area contributed by atoms with Gasteiger partial charge in [0.25, 0.3) is 5.91 Å². The Morgan fingerprint density at radius 1 is 1.11 bits per heavy atom. The van der Waals surface area contributed by atoms with Gasteiger partial charge in [-0.1, -0.05) is 34.4 Å². The van der Waals surface area contributed by atoms with Crippen LogP contribution in [0.15, 0.2) is 41.2 Å². The molecule has 0 spiro atoms. The van der Waals surface area contributed by atoms with Crippen LogP contribution >= 0.6 is 23.2 Å². The molecule has 1 aromatic carbocycles. The Labute approximate surface area is 163 Å². The van der Waals surface area contributed by atoms with Crippen LogP contribution in [0.5, 0.6) is 0 Å². The zero-order chi connectivity index (χ0) is 19.2. The summed E-state index contributed by atoms with van der Waals surface area (Å²) in [5.41, 5.74) is 0.439. The Hall–Kier alpha value is -2.91. The lowest BCUT2D eigenvalue weighted by Crippen LogP contribution is -2.34. The molecule has 2 amide bonds. The quantitative estimate of drug-likeness (QED) is 0.575. The second-order valence-electron chi connectivity index (χ2n) is 5.39. The SMILES string of the molecule is O=C(NCCNC(=O)c1nc(Cn2cc(Cl)cn2)no1)c1cccc(Cl)c1. The van der Waals surface area contributed by atoms with Gasteiger partial charge >= 0.3 is 11.8 Å². The Bertz CT molecular complexity index is 955. The Balaban J connectivity index is 1.43. The monoisotopic (exact) mass is 408 g/mol. The van der Waals surface area contributed by atoms with E-state index in [-0.39, 0.29) is 37.3 Å². The number of benzene rings is 1. The van der Waals surface area contributed by atoms with E-state index in [2.05, 4.69) is 25.9 Å². The van der Waals surface area contributed by atoms with Gasteiger partial charge in [-0.05, 0) is 18.2 Å². The van der Waals surface area contributed by atoms with Gasteiger partial charge in [0.15, 0.2) is 5.82 Å². The van der Waals surface area contributed by atoms with Crippen LogP contribution in [0.1, 0.15) is 26.9 Å². The molecule has 0 unspecified atom stereocenters. The van der Waals surface area contributed by atoms with E-state index in [0.29, 0.717) is 15.6 Å². The smallest absolute Gasteiger partial charge is 0.316 e. The normalized spacial score (nSPS) is 10.6. The summed E-state index contributed by atoms with van der Waals surface area (Å²) in [6.07, 6.45) is 3.08. The first-order chi connectivity index (χ1) is 13.0. The lowest BCUT2D eigenvalue weighted by atomic mass is 10.2. The average Bonchev–Trinajstić information content (AvgIpc) is 3.28. The highest BCUT2D eigenvalue weighted by Crippen LogP contribution is 2.10. The van der Waals surface area contributed by atoms with E-state index in [1.165, 1.54) is 10.9 Å². The van der Waals surface area contributed by atoms with Gasteiger partial charge in [-0.2, -0.15) is 10.1 Å². The fourth-order valence-corrected chi connectivity index (χ4v) is 2.49. The van der Waals surface area contributed by atoms with Gasteiger partial charge in [0.1, 0.15) is 6.54 Å². The van der Waals surface area contributed by atoms with Crippen molar-refractivity contribution in [3.63, 3.8) is 0 Å². The summed E-state index contributed by atoms with van der Waals surface area (Å²) in [5, 5.41) is 13.9. The standard InChI is InChI=1S/C16H14Cl2N6O3/c17-11-3-1-2-10(6-11)14(25)19-4-5-20-15(26)16-22-13(23-27-16)9-24-8-12(18)7-21-24/h1-3,6-8H,4-5,9H2,(H,19,25)(H,20,26).